The summed E-state index contributed by atoms with van der Waals surface area (Å²) in [5.41, 5.74) is -2.51. The Morgan fingerprint density at radius 2 is 1.10 bits per heavy atom. The maximum atomic E-state index is 15.1. The highest BCUT2D eigenvalue weighted by Crippen LogP contribution is 2.76. The molecule has 5 aliphatic carbocycles. The number of hydrogen-bond donors (Lipinski definition) is 14. The first-order valence-corrected chi connectivity index (χ1v) is 27.8. The molecule has 29 atom stereocenters. The van der Waals surface area contributed by atoms with Crippen molar-refractivity contribution < 1.29 is 114 Å². The first-order chi connectivity index (χ1) is 36.0. The van der Waals surface area contributed by atoms with E-state index >= 15 is 4.79 Å². The van der Waals surface area contributed by atoms with Gasteiger partial charge in [-0.05, 0) is 110 Å². The zero-order valence-corrected chi connectivity index (χ0v) is 45.4. The fraction of sp³-hybridized carbons (Fsp3) is 0.944. The van der Waals surface area contributed by atoms with E-state index in [-0.39, 0.29) is 35.5 Å². The van der Waals surface area contributed by atoms with Crippen molar-refractivity contribution in [1.82, 2.24) is 0 Å². The summed E-state index contributed by atoms with van der Waals surface area (Å²) in [5.74, 6) is -1.17. The molecule has 0 aromatic heterocycles. The minimum Gasteiger partial charge on any atom is -0.432 e. The van der Waals surface area contributed by atoms with Crippen molar-refractivity contribution in [3.8, 4) is 0 Å². The lowest BCUT2D eigenvalue weighted by Crippen LogP contribution is -2.68. The maximum Gasteiger partial charge on any atom is 0.317 e. The molecule has 442 valence electrons. The van der Waals surface area contributed by atoms with Gasteiger partial charge in [0.05, 0.1) is 38.1 Å². The molecule has 23 heteroatoms. The Labute approximate surface area is 449 Å². The molecule has 0 bridgehead atoms. The van der Waals surface area contributed by atoms with Crippen molar-refractivity contribution in [3.63, 3.8) is 0 Å². The van der Waals surface area contributed by atoms with Gasteiger partial charge in [-0.3, -0.25) is 4.79 Å². The molecular formula is C54H88O23. The number of ether oxygens (including phenoxy) is 8. The lowest BCUT2D eigenvalue weighted by Gasteiger charge is -2.72. The van der Waals surface area contributed by atoms with Gasteiger partial charge in [0.2, 0.25) is 6.29 Å². The second-order valence-corrected chi connectivity index (χ2v) is 26.4. The Morgan fingerprint density at radius 1 is 0.558 bits per heavy atom. The van der Waals surface area contributed by atoms with Crippen molar-refractivity contribution in [1.29, 1.82) is 0 Å². The van der Waals surface area contributed by atoms with Crippen LogP contribution >= 0.6 is 0 Å². The van der Waals surface area contributed by atoms with Crippen LogP contribution in [0, 0.1) is 50.2 Å². The normalized spacial score (nSPS) is 54.4. The predicted molar refractivity (Wildman–Crippen MR) is 263 cm³/mol. The number of aliphatic hydroxyl groups excluding tert-OH is 14. The average molecular weight is 1110 g/mol. The summed E-state index contributed by atoms with van der Waals surface area (Å²) in [6.45, 7) is 14.7. The number of carbonyl (C=O) groups is 1. The van der Waals surface area contributed by atoms with Gasteiger partial charge < -0.3 is 109 Å². The summed E-state index contributed by atoms with van der Waals surface area (Å²) in [5, 5.41) is 151. The van der Waals surface area contributed by atoms with Gasteiger partial charge in [-0.15, -0.1) is 0 Å². The minimum absolute atomic E-state index is 0.0666. The van der Waals surface area contributed by atoms with Crippen molar-refractivity contribution in [2.75, 3.05) is 19.8 Å². The average Bonchev–Trinajstić information content (AvgIpc) is 3.50. The molecule has 4 aliphatic heterocycles. The van der Waals surface area contributed by atoms with Gasteiger partial charge in [0, 0.05) is 0 Å². The fourth-order valence-corrected chi connectivity index (χ4v) is 16.6. The van der Waals surface area contributed by atoms with Gasteiger partial charge >= 0.3 is 5.97 Å². The van der Waals surface area contributed by atoms with Crippen molar-refractivity contribution in [2.24, 2.45) is 50.2 Å². The highest BCUT2D eigenvalue weighted by molar-refractivity contribution is 5.80. The van der Waals surface area contributed by atoms with Gasteiger partial charge in [-0.2, -0.15) is 0 Å². The van der Waals surface area contributed by atoms with Crippen LogP contribution in [0.4, 0.5) is 0 Å². The lowest BCUT2D eigenvalue weighted by atomic mass is 9.33. The standard InChI is InChI=1S/C54H88O23/c1-22-32(59)35(62)39(66)44(70-22)76-43-37(64)34(61)26(20-56)72-47(43)74-31-12-13-51(6)28(50(31,4)5)11-14-52(7)29(51)10-9-23-24-17-49(2,3)15-16-54(24,30(58)18-53(23,52)8)48(69)77-46-41(68)38(65)42(27(21-57)73-46)75-45-40(67)36(63)33(60)25(19-55)71-45/h9,22,24-47,55-68H,10-21H2,1-8H3/t22-,24-,25+,26+,27+,28-,29+,30+,31-,32-,33+,34+,35+,36-,37-,38+,39+,40+,41+,42+,43+,44-,45-,46-,47-,51-,52+,53+,54+/m0/s1. The molecule has 0 aromatic carbocycles. The summed E-state index contributed by atoms with van der Waals surface area (Å²) in [4.78, 5) is 15.1. The third-order valence-electron chi connectivity index (χ3n) is 21.4. The molecule has 0 aromatic rings. The summed E-state index contributed by atoms with van der Waals surface area (Å²) in [6.07, 6.45) is -26.3. The third-order valence-corrected chi connectivity index (χ3v) is 21.4. The minimum atomic E-state index is -1.96. The van der Waals surface area contributed by atoms with E-state index in [1.54, 1.807) is 0 Å². The molecule has 77 heavy (non-hydrogen) atoms. The Balaban J connectivity index is 0.947. The molecular weight excluding hydrogens is 1020 g/mol. The second-order valence-electron chi connectivity index (χ2n) is 26.4. The van der Waals surface area contributed by atoms with Crippen LogP contribution in [0.5, 0.6) is 0 Å². The van der Waals surface area contributed by atoms with Crippen LogP contribution < -0.4 is 0 Å². The van der Waals surface area contributed by atoms with Crippen LogP contribution in [0.2, 0.25) is 0 Å². The van der Waals surface area contributed by atoms with Crippen molar-refractivity contribution >= 4 is 5.97 Å². The topological polar surface area (TPSA) is 374 Å². The van der Waals surface area contributed by atoms with Crippen molar-refractivity contribution in [3.05, 3.63) is 11.6 Å². The zero-order valence-electron chi connectivity index (χ0n) is 45.4. The molecule has 9 aliphatic rings. The number of fused-ring (bicyclic) bond motifs is 7. The fourth-order valence-electron chi connectivity index (χ4n) is 16.6. The molecule has 0 amide bonds. The highest BCUT2D eigenvalue weighted by atomic mass is 16.8. The number of allylic oxidation sites excluding steroid dienone is 2. The van der Waals surface area contributed by atoms with E-state index in [2.05, 4.69) is 54.5 Å². The molecule has 0 spiro atoms. The second kappa shape index (κ2) is 21.5. The number of aliphatic hydroxyl groups is 14. The summed E-state index contributed by atoms with van der Waals surface area (Å²) >= 11 is 0. The lowest BCUT2D eigenvalue weighted by molar-refractivity contribution is -0.376. The van der Waals surface area contributed by atoms with Crippen LogP contribution in [-0.2, 0) is 42.7 Å². The molecule has 8 fully saturated rings. The summed E-state index contributed by atoms with van der Waals surface area (Å²) in [6, 6.07) is 0. The van der Waals surface area contributed by atoms with Gasteiger partial charge in [0.1, 0.15) is 97.0 Å². The van der Waals surface area contributed by atoms with Crippen LogP contribution in [0.3, 0.4) is 0 Å². The van der Waals surface area contributed by atoms with Crippen molar-refractivity contribution in [2.45, 2.75) is 248 Å². The van der Waals surface area contributed by atoms with Gasteiger partial charge in [0.15, 0.2) is 18.9 Å². The van der Waals surface area contributed by atoms with Gasteiger partial charge in [-0.1, -0.05) is 60.1 Å². The Hall–Kier alpha value is -1.63. The Morgan fingerprint density at radius 3 is 1.74 bits per heavy atom. The monoisotopic (exact) mass is 1100 g/mol. The molecule has 9 rings (SSSR count). The van der Waals surface area contributed by atoms with E-state index < -0.39 is 188 Å². The molecule has 4 heterocycles. The molecule has 14 N–H and O–H groups in total. The quantitative estimate of drug-likeness (QED) is 0.0602. The molecule has 23 nitrogen and oxygen atoms in total. The van der Waals surface area contributed by atoms with E-state index in [1.165, 1.54) is 6.92 Å². The van der Waals surface area contributed by atoms with E-state index in [9.17, 15) is 71.5 Å². The zero-order chi connectivity index (χ0) is 56.4. The van der Waals surface area contributed by atoms with Gasteiger partial charge in [0.25, 0.3) is 0 Å². The van der Waals surface area contributed by atoms with E-state index in [4.69, 9.17) is 37.9 Å². The van der Waals surface area contributed by atoms with Gasteiger partial charge in [-0.25, -0.2) is 0 Å². The third kappa shape index (κ3) is 9.61. The van der Waals surface area contributed by atoms with Crippen LogP contribution in [-0.4, -0.2) is 232 Å². The SMILES string of the molecule is C[C@@H]1O[C@@H](O[C@H]2[C@H](O[C@H]3CC[C@]4(C)[C@H]5CC=C6[C@@H]7CC(C)(C)CC[C@]7(C(=O)O[C@@H]7O[C@H](CO)[C@@H](O[C@@H]8O[C@H](CO)[C@@H](O)[C@H](O)[C@H]8O)[C@H](O)[C@H]7O)[C@H](O)C[C@@]6(C)[C@]5(C)CC[C@H]4C3(C)C)O[C@H](CO)[C@@H](O)[C@@H]2O)[C@H](O)[C@H](O)[C@H]1O. The number of esters is 1. The molecule has 4 saturated heterocycles. The molecule has 4 saturated carbocycles. The van der Waals surface area contributed by atoms with Crippen LogP contribution in [0.1, 0.15) is 113 Å². The Bertz CT molecular complexity index is 2130. The highest BCUT2D eigenvalue weighted by Gasteiger charge is 2.72. The molecule has 0 radical (unpaired) electrons. The van der Waals surface area contributed by atoms with Crippen LogP contribution in [0.25, 0.3) is 0 Å². The first-order valence-electron chi connectivity index (χ1n) is 27.8. The van der Waals surface area contributed by atoms with E-state index in [1.807, 2.05) is 0 Å². The smallest absolute Gasteiger partial charge is 0.317 e. The maximum absolute atomic E-state index is 15.1. The number of hydrogen-bond acceptors (Lipinski definition) is 23. The molecule has 0 unspecified atom stereocenters. The number of rotatable bonds is 11. The summed E-state index contributed by atoms with van der Waals surface area (Å²) in [7, 11) is 0. The number of carbonyl (C=O) groups excluding carboxylic acids is 1. The Kier molecular flexibility index (Phi) is 16.8. The largest absolute Gasteiger partial charge is 0.432 e. The first kappa shape index (κ1) is 60.0. The van der Waals surface area contributed by atoms with E-state index in [0.29, 0.717) is 32.1 Å². The van der Waals surface area contributed by atoms with E-state index in [0.717, 1.165) is 18.4 Å². The summed E-state index contributed by atoms with van der Waals surface area (Å²) < 4.78 is 47.9. The van der Waals surface area contributed by atoms with Crippen LogP contribution in [0.15, 0.2) is 11.6 Å². The predicted octanol–water partition coefficient (Wildman–Crippen LogP) is -2.04.